The van der Waals surface area contributed by atoms with E-state index in [2.05, 4.69) is 22.9 Å². The van der Waals surface area contributed by atoms with Crippen molar-refractivity contribution in [2.24, 2.45) is 5.73 Å². The molecular weight excluding hydrogens is 200 g/mol. The summed E-state index contributed by atoms with van der Waals surface area (Å²) in [6.45, 7) is 4.90. The summed E-state index contributed by atoms with van der Waals surface area (Å²) in [5.74, 6) is 0.781. The third-order valence-corrected chi connectivity index (χ3v) is 3.34. The van der Waals surface area contributed by atoms with Gasteiger partial charge < -0.3 is 10.6 Å². The van der Waals surface area contributed by atoms with Crippen LogP contribution in [0, 0.1) is 18.3 Å². The molecule has 2 unspecified atom stereocenters. The molecule has 0 radical (unpaired) electrons. The second kappa shape index (κ2) is 4.11. The van der Waals surface area contributed by atoms with Gasteiger partial charge in [-0.2, -0.15) is 5.26 Å². The van der Waals surface area contributed by atoms with Gasteiger partial charge in [-0.05, 0) is 31.9 Å². The Kier molecular flexibility index (Phi) is 2.80. The summed E-state index contributed by atoms with van der Waals surface area (Å²) in [4.78, 5) is 6.46. The lowest BCUT2D eigenvalue weighted by Crippen LogP contribution is -2.37. The molecule has 2 heterocycles. The number of hydrogen-bond acceptors (Lipinski definition) is 4. The molecule has 0 saturated carbocycles. The number of hydrogen-bond donors (Lipinski definition) is 1. The van der Waals surface area contributed by atoms with Crippen LogP contribution in [-0.2, 0) is 0 Å². The van der Waals surface area contributed by atoms with Crippen molar-refractivity contribution < 1.29 is 0 Å². The summed E-state index contributed by atoms with van der Waals surface area (Å²) in [7, 11) is 0. The smallest absolute Gasteiger partial charge is 0.147 e. The van der Waals surface area contributed by atoms with Gasteiger partial charge in [-0.3, -0.25) is 0 Å². The summed E-state index contributed by atoms with van der Waals surface area (Å²) >= 11 is 0. The molecule has 1 saturated heterocycles. The molecular formula is C12H16N4. The molecule has 0 amide bonds. The van der Waals surface area contributed by atoms with Gasteiger partial charge in [0.25, 0.3) is 0 Å². The molecule has 84 valence electrons. The third-order valence-electron chi connectivity index (χ3n) is 3.34. The predicted octanol–water partition coefficient (Wildman–Crippen LogP) is 1.19. The maximum atomic E-state index is 9.16. The van der Waals surface area contributed by atoms with Crippen molar-refractivity contribution in [2.75, 3.05) is 11.4 Å². The van der Waals surface area contributed by atoms with Gasteiger partial charge in [0.1, 0.15) is 11.9 Å². The van der Waals surface area contributed by atoms with E-state index in [0.717, 1.165) is 24.3 Å². The van der Waals surface area contributed by atoms with Crippen molar-refractivity contribution in [3.63, 3.8) is 0 Å². The Hall–Kier alpha value is -1.60. The zero-order chi connectivity index (χ0) is 11.7. The van der Waals surface area contributed by atoms with E-state index in [1.54, 1.807) is 6.20 Å². The quantitative estimate of drug-likeness (QED) is 0.765. The molecule has 1 aliphatic rings. The van der Waals surface area contributed by atoms with Gasteiger partial charge in [-0.25, -0.2) is 4.98 Å². The zero-order valence-electron chi connectivity index (χ0n) is 9.64. The lowest BCUT2D eigenvalue weighted by Gasteiger charge is -2.25. The van der Waals surface area contributed by atoms with E-state index in [0.29, 0.717) is 5.56 Å². The fourth-order valence-electron chi connectivity index (χ4n) is 2.16. The van der Waals surface area contributed by atoms with Crippen molar-refractivity contribution in [3.05, 3.63) is 23.4 Å². The standard InChI is InChI=1S/C12H16N4/c1-8-3-5-15-12(10(8)7-13)16-6-4-11(14)9(16)2/h3,5,9,11H,4,6,14H2,1-2H3. The number of nitrogens with two attached hydrogens (primary N) is 1. The molecule has 0 aromatic carbocycles. The molecule has 1 aromatic rings. The Morgan fingerprint density at radius 1 is 1.62 bits per heavy atom. The first-order valence-corrected chi connectivity index (χ1v) is 5.53. The van der Waals surface area contributed by atoms with Gasteiger partial charge in [0.2, 0.25) is 0 Å². The van der Waals surface area contributed by atoms with E-state index in [1.165, 1.54) is 0 Å². The minimum atomic E-state index is 0.175. The van der Waals surface area contributed by atoms with Crippen molar-refractivity contribution in [3.8, 4) is 6.07 Å². The summed E-state index contributed by atoms with van der Waals surface area (Å²) in [5.41, 5.74) is 7.63. The van der Waals surface area contributed by atoms with Gasteiger partial charge in [0.05, 0.1) is 5.56 Å². The highest BCUT2D eigenvalue weighted by molar-refractivity contribution is 5.58. The van der Waals surface area contributed by atoms with Crippen molar-refractivity contribution in [1.82, 2.24) is 4.98 Å². The first kappa shape index (κ1) is 10.9. The van der Waals surface area contributed by atoms with Crippen LogP contribution in [0.1, 0.15) is 24.5 Å². The third kappa shape index (κ3) is 1.63. The SMILES string of the molecule is Cc1ccnc(N2CCC(N)C2C)c1C#N. The van der Waals surface area contributed by atoms with Crippen molar-refractivity contribution in [2.45, 2.75) is 32.4 Å². The Morgan fingerprint density at radius 2 is 2.38 bits per heavy atom. The molecule has 0 aliphatic carbocycles. The number of nitrogens with zero attached hydrogens (tertiary/aromatic N) is 3. The highest BCUT2D eigenvalue weighted by Crippen LogP contribution is 2.27. The lowest BCUT2D eigenvalue weighted by atomic mass is 10.1. The maximum absolute atomic E-state index is 9.16. The number of anilines is 1. The number of nitriles is 1. The summed E-state index contributed by atoms with van der Waals surface area (Å²) < 4.78 is 0. The zero-order valence-corrected chi connectivity index (χ0v) is 9.64. The first-order chi connectivity index (χ1) is 7.65. The minimum absolute atomic E-state index is 0.175. The van der Waals surface area contributed by atoms with E-state index in [9.17, 15) is 0 Å². The normalized spacial score (nSPS) is 24.5. The van der Waals surface area contributed by atoms with E-state index in [4.69, 9.17) is 11.0 Å². The number of aromatic nitrogens is 1. The summed E-state index contributed by atoms with van der Waals surface area (Å²) in [6, 6.07) is 4.52. The van der Waals surface area contributed by atoms with Crippen LogP contribution >= 0.6 is 0 Å². The summed E-state index contributed by atoms with van der Waals surface area (Å²) in [5, 5.41) is 9.16. The van der Waals surface area contributed by atoms with Gasteiger partial charge in [0.15, 0.2) is 0 Å². The van der Waals surface area contributed by atoms with Crippen molar-refractivity contribution in [1.29, 1.82) is 5.26 Å². The first-order valence-electron chi connectivity index (χ1n) is 5.53. The van der Waals surface area contributed by atoms with E-state index in [1.807, 2.05) is 13.0 Å². The fourth-order valence-corrected chi connectivity index (χ4v) is 2.16. The van der Waals surface area contributed by atoms with E-state index in [-0.39, 0.29) is 12.1 Å². The Labute approximate surface area is 95.7 Å². The molecule has 1 aliphatic heterocycles. The van der Waals surface area contributed by atoms with Crippen LogP contribution in [0.5, 0.6) is 0 Å². The Morgan fingerprint density at radius 3 is 2.94 bits per heavy atom. The molecule has 4 heteroatoms. The van der Waals surface area contributed by atoms with Crippen LogP contribution in [0.3, 0.4) is 0 Å². The Bertz CT molecular complexity index is 435. The number of rotatable bonds is 1. The van der Waals surface area contributed by atoms with E-state index >= 15 is 0 Å². The molecule has 1 fully saturated rings. The molecule has 4 nitrogen and oxygen atoms in total. The molecule has 0 bridgehead atoms. The average molecular weight is 216 g/mol. The van der Waals surface area contributed by atoms with Crippen LogP contribution in [0.15, 0.2) is 12.3 Å². The molecule has 1 aromatic heterocycles. The highest BCUT2D eigenvalue weighted by atomic mass is 15.2. The Balaban J connectivity index is 2.42. The second-order valence-corrected chi connectivity index (χ2v) is 4.32. The van der Waals surface area contributed by atoms with Crippen LogP contribution < -0.4 is 10.6 Å². The molecule has 16 heavy (non-hydrogen) atoms. The van der Waals surface area contributed by atoms with Crippen molar-refractivity contribution >= 4 is 5.82 Å². The van der Waals surface area contributed by atoms with E-state index < -0.39 is 0 Å². The molecule has 0 spiro atoms. The molecule has 2 atom stereocenters. The second-order valence-electron chi connectivity index (χ2n) is 4.32. The fraction of sp³-hybridized carbons (Fsp3) is 0.500. The van der Waals surface area contributed by atoms with Crippen LogP contribution in [0.2, 0.25) is 0 Å². The molecule has 2 N–H and O–H groups in total. The van der Waals surface area contributed by atoms with Crippen LogP contribution in [0.4, 0.5) is 5.82 Å². The van der Waals surface area contributed by atoms with Crippen LogP contribution in [-0.4, -0.2) is 23.6 Å². The van der Waals surface area contributed by atoms with Crippen LogP contribution in [0.25, 0.3) is 0 Å². The summed E-state index contributed by atoms with van der Waals surface area (Å²) in [6.07, 6.45) is 2.71. The minimum Gasteiger partial charge on any atom is -0.351 e. The van der Waals surface area contributed by atoms with Gasteiger partial charge in [-0.15, -0.1) is 0 Å². The highest BCUT2D eigenvalue weighted by Gasteiger charge is 2.30. The molecule has 2 rings (SSSR count). The average Bonchev–Trinajstić information content (AvgIpc) is 2.59. The van der Waals surface area contributed by atoms with Gasteiger partial charge in [-0.1, -0.05) is 0 Å². The largest absolute Gasteiger partial charge is 0.351 e. The van der Waals surface area contributed by atoms with Gasteiger partial charge in [0, 0.05) is 24.8 Å². The van der Waals surface area contributed by atoms with Gasteiger partial charge >= 0.3 is 0 Å². The number of pyridine rings is 1. The number of aryl methyl sites for hydroxylation is 1. The monoisotopic (exact) mass is 216 g/mol. The predicted molar refractivity (Wildman–Crippen MR) is 63.1 cm³/mol. The topological polar surface area (TPSA) is 65.9 Å². The lowest BCUT2D eigenvalue weighted by molar-refractivity contribution is 0.621. The maximum Gasteiger partial charge on any atom is 0.147 e.